The Hall–Kier alpha value is -0.830. The van der Waals surface area contributed by atoms with E-state index in [0.717, 1.165) is 29.4 Å². The first-order chi connectivity index (χ1) is 9.40. The van der Waals surface area contributed by atoms with Crippen LogP contribution in [-0.4, -0.2) is 18.4 Å². The summed E-state index contributed by atoms with van der Waals surface area (Å²) in [5, 5.41) is 0. The lowest BCUT2D eigenvalue weighted by Gasteiger charge is -2.34. The highest BCUT2D eigenvalue weighted by Crippen LogP contribution is 2.28. The van der Waals surface area contributed by atoms with E-state index >= 15 is 0 Å². The first-order valence-electron chi connectivity index (χ1n) is 7.47. The van der Waals surface area contributed by atoms with Crippen LogP contribution in [0.25, 0.3) is 0 Å². The molecular weight excluding hydrogens is 314 g/mol. The van der Waals surface area contributed by atoms with E-state index < -0.39 is 0 Å². The Kier molecular flexibility index (Phi) is 6.74. The number of hydrogen-bond acceptors (Lipinski definition) is 2. The zero-order valence-corrected chi connectivity index (χ0v) is 14.8. The average molecular weight is 340 g/mol. The second-order valence-corrected chi connectivity index (χ2v) is 6.59. The van der Waals surface area contributed by atoms with Gasteiger partial charge in [0.15, 0.2) is 5.78 Å². The molecule has 0 aliphatic carbocycles. The van der Waals surface area contributed by atoms with Gasteiger partial charge in [0.2, 0.25) is 0 Å². The summed E-state index contributed by atoms with van der Waals surface area (Å²) in [6.07, 6.45) is 2.27. The smallest absolute Gasteiger partial charge is 0.160 e. The highest BCUT2D eigenvalue weighted by Gasteiger charge is 2.18. The van der Waals surface area contributed by atoms with Crippen molar-refractivity contribution in [3.63, 3.8) is 0 Å². The summed E-state index contributed by atoms with van der Waals surface area (Å²) < 4.78 is 0.891. The van der Waals surface area contributed by atoms with E-state index in [1.807, 2.05) is 6.07 Å². The van der Waals surface area contributed by atoms with Crippen LogP contribution in [0.2, 0.25) is 0 Å². The third kappa shape index (κ3) is 4.34. The van der Waals surface area contributed by atoms with Crippen molar-refractivity contribution in [1.82, 2.24) is 0 Å². The van der Waals surface area contributed by atoms with Gasteiger partial charge in [-0.05, 0) is 59.8 Å². The second-order valence-electron chi connectivity index (χ2n) is 5.74. The third-order valence-electron chi connectivity index (χ3n) is 3.61. The number of carbonyl (C=O) groups excluding carboxylic acids is 1. The molecule has 0 spiro atoms. The van der Waals surface area contributed by atoms with Crippen molar-refractivity contribution in [2.24, 2.45) is 5.92 Å². The van der Waals surface area contributed by atoms with E-state index in [1.165, 1.54) is 5.69 Å². The van der Waals surface area contributed by atoms with Gasteiger partial charge in [0.05, 0.1) is 0 Å². The minimum absolute atomic E-state index is 0.0985. The summed E-state index contributed by atoms with van der Waals surface area (Å²) in [5.74, 6) is 0.711. The number of anilines is 1. The Labute approximate surface area is 131 Å². The number of nitrogens with zero attached hydrogens (tertiary/aromatic N) is 1. The molecule has 3 heteroatoms. The molecule has 0 radical (unpaired) electrons. The van der Waals surface area contributed by atoms with Gasteiger partial charge in [-0.1, -0.05) is 27.7 Å². The Bertz CT molecular complexity index is 452. The third-order valence-corrected chi connectivity index (χ3v) is 4.26. The van der Waals surface area contributed by atoms with Crippen LogP contribution in [0.1, 0.15) is 57.8 Å². The molecule has 1 aromatic rings. The summed E-state index contributed by atoms with van der Waals surface area (Å²) in [6, 6.07) is 6.63. The summed E-state index contributed by atoms with van der Waals surface area (Å²) in [4.78, 5) is 14.0. The van der Waals surface area contributed by atoms with E-state index in [1.54, 1.807) is 6.92 Å². The number of hydrogen-bond donors (Lipinski definition) is 0. The summed E-state index contributed by atoms with van der Waals surface area (Å²) in [6.45, 7) is 11.6. The molecule has 0 atom stereocenters. The molecule has 0 amide bonds. The number of ketones is 1. The highest BCUT2D eigenvalue weighted by molar-refractivity contribution is 9.10. The van der Waals surface area contributed by atoms with E-state index in [2.05, 4.69) is 60.7 Å². The average Bonchev–Trinajstić information content (AvgIpc) is 2.37. The van der Waals surface area contributed by atoms with Gasteiger partial charge in [0.1, 0.15) is 0 Å². The largest absolute Gasteiger partial charge is 0.368 e. The predicted molar refractivity (Wildman–Crippen MR) is 90.7 cm³/mol. The molecule has 1 aromatic carbocycles. The van der Waals surface area contributed by atoms with Crippen LogP contribution in [0.5, 0.6) is 0 Å². The van der Waals surface area contributed by atoms with Gasteiger partial charge in [-0.15, -0.1) is 0 Å². The lowest BCUT2D eigenvalue weighted by atomic mass is 10.0. The van der Waals surface area contributed by atoms with Crippen molar-refractivity contribution in [3.8, 4) is 0 Å². The quantitative estimate of drug-likeness (QED) is 0.628. The molecule has 0 fully saturated rings. The maximum atomic E-state index is 11.5. The maximum Gasteiger partial charge on any atom is 0.160 e. The van der Waals surface area contributed by atoms with Crippen molar-refractivity contribution in [2.45, 2.75) is 53.5 Å². The zero-order valence-electron chi connectivity index (χ0n) is 13.2. The maximum absolute atomic E-state index is 11.5. The van der Waals surface area contributed by atoms with Gasteiger partial charge in [-0.25, -0.2) is 0 Å². The van der Waals surface area contributed by atoms with E-state index in [0.29, 0.717) is 12.0 Å². The van der Waals surface area contributed by atoms with Crippen LogP contribution >= 0.6 is 15.9 Å². The van der Waals surface area contributed by atoms with Crippen LogP contribution in [0.3, 0.4) is 0 Å². The van der Waals surface area contributed by atoms with Crippen LogP contribution < -0.4 is 4.90 Å². The molecule has 112 valence electrons. The molecule has 0 bridgehead atoms. The predicted octanol–water partition coefficient (Wildman–Crippen LogP) is 5.30. The molecule has 0 aliphatic heterocycles. The van der Waals surface area contributed by atoms with Crippen LogP contribution in [0.4, 0.5) is 5.69 Å². The molecule has 0 aromatic heterocycles. The van der Waals surface area contributed by atoms with Crippen molar-refractivity contribution < 1.29 is 4.79 Å². The van der Waals surface area contributed by atoms with E-state index in [-0.39, 0.29) is 5.78 Å². The molecule has 2 nitrogen and oxygen atoms in total. The van der Waals surface area contributed by atoms with Crippen LogP contribution in [0.15, 0.2) is 22.7 Å². The van der Waals surface area contributed by atoms with Gasteiger partial charge in [0, 0.05) is 28.3 Å². The summed E-state index contributed by atoms with van der Waals surface area (Å²) in [5.41, 5.74) is 1.95. The number of benzene rings is 1. The monoisotopic (exact) mass is 339 g/mol. The number of halogens is 1. The molecule has 0 saturated heterocycles. The van der Waals surface area contributed by atoms with Crippen LogP contribution in [0, 0.1) is 5.92 Å². The first kappa shape index (κ1) is 17.2. The minimum Gasteiger partial charge on any atom is -0.368 e. The van der Waals surface area contributed by atoms with E-state index in [9.17, 15) is 4.79 Å². The fourth-order valence-corrected chi connectivity index (χ4v) is 3.20. The molecule has 0 unspecified atom stereocenters. The fourth-order valence-electron chi connectivity index (χ4n) is 2.56. The van der Waals surface area contributed by atoms with Crippen molar-refractivity contribution in [3.05, 3.63) is 28.2 Å². The second kappa shape index (κ2) is 7.82. The van der Waals surface area contributed by atoms with Gasteiger partial charge in [-0.3, -0.25) is 4.79 Å². The van der Waals surface area contributed by atoms with Crippen LogP contribution in [-0.2, 0) is 0 Å². The standard InChI is InChI=1S/C17H26BrNO/c1-6-14(7-2)19(11-12(3)4)15-8-9-16(13(5)20)17(18)10-15/h8-10,12,14H,6-7,11H2,1-5H3. The Morgan fingerprint density at radius 2 is 1.85 bits per heavy atom. The normalized spacial score (nSPS) is 11.2. The Morgan fingerprint density at radius 1 is 1.25 bits per heavy atom. The van der Waals surface area contributed by atoms with E-state index in [4.69, 9.17) is 0 Å². The molecule has 0 saturated carbocycles. The van der Waals surface area contributed by atoms with Crippen molar-refractivity contribution in [2.75, 3.05) is 11.4 Å². The Morgan fingerprint density at radius 3 is 2.25 bits per heavy atom. The molecule has 0 heterocycles. The molecule has 0 aliphatic rings. The molecule has 1 rings (SSSR count). The zero-order chi connectivity index (χ0) is 15.3. The first-order valence-corrected chi connectivity index (χ1v) is 8.27. The van der Waals surface area contributed by atoms with Gasteiger partial charge < -0.3 is 4.90 Å². The lowest BCUT2D eigenvalue weighted by Crippen LogP contribution is -2.37. The molecular formula is C17H26BrNO. The lowest BCUT2D eigenvalue weighted by molar-refractivity contribution is 0.101. The van der Waals surface area contributed by atoms with Gasteiger partial charge in [-0.2, -0.15) is 0 Å². The van der Waals surface area contributed by atoms with Crippen molar-refractivity contribution >= 4 is 27.4 Å². The highest BCUT2D eigenvalue weighted by atomic mass is 79.9. The summed E-state index contributed by atoms with van der Waals surface area (Å²) in [7, 11) is 0. The summed E-state index contributed by atoms with van der Waals surface area (Å²) >= 11 is 3.53. The van der Waals surface area contributed by atoms with Gasteiger partial charge >= 0.3 is 0 Å². The molecule has 20 heavy (non-hydrogen) atoms. The molecule has 0 N–H and O–H groups in total. The SMILES string of the molecule is CCC(CC)N(CC(C)C)c1ccc(C(C)=O)c(Br)c1. The van der Waals surface area contributed by atoms with Gasteiger partial charge in [0.25, 0.3) is 0 Å². The topological polar surface area (TPSA) is 20.3 Å². The fraction of sp³-hybridized carbons (Fsp3) is 0.588. The Balaban J connectivity index is 3.13. The number of Topliss-reactive ketones (excluding diaryl/α,β-unsaturated/α-hetero) is 1. The number of rotatable bonds is 7. The minimum atomic E-state index is 0.0985. The van der Waals surface area contributed by atoms with Crippen molar-refractivity contribution in [1.29, 1.82) is 0 Å². The number of carbonyl (C=O) groups is 1.